The van der Waals surface area contributed by atoms with Gasteiger partial charge >= 0.3 is 0 Å². The van der Waals surface area contributed by atoms with E-state index in [2.05, 4.69) is 15.0 Å². The van der Waals surface area contributed by atoms with Gasteiger partial charge in [0.05, 0.1) is 5.69 Å². The molecule has 2 rings (SSSR count). The Balaban J connectivity index is 2.47. The van der Waals surface area contributed by atoms with Crippen LogP contribution < -0.4 is 4.90 Å². The summed E-state index contributed by atoms with van der Waals surface area (Å²) in [7, 11) is 0. The van der Waals surface area contributed by atoms with E-state index >= 15 is 0 Å². The fourth-order valence-electron chi connectivity index (χ4n) is 1.21. The molecule has 0 spiro atoms. The van der Waals surface area contributed by atoms with E-state index in [1.165, 1.54) is 4.90 Å². The molecule has 0 unspecified atom stereocenters. The van der Waals surface area contributed by atoms with Crippen LogP contribution in [-0.4, -0.2) is 15.0 Å². The lowest BCUT2D eigenvalue weighted by Crippen LogP contribution is -2.13. The van der Waals surface area contributed by atoms with Crippen LogP contribution in [0.25, 0.3) is 0 Å². The molecular formula is C10H5Cl2N5. The summed E-state index contributed by atoms with van der Waals surface area (Å²) >= 11 is 11.3. The summed E-state index contributed by atoms with van der Waals surface area (Å²) in [4.78, 5) is 12.5. The number of hydrogen-bond acceptors (Lipinski definition) is 5. The number of benzene rings is 1. The first kappa shape index (κ1) is 11.6. The first-order valence-corrected chi connectivity index (χ1v) is 5.28. The molecule has 1 heterocycles. The minimum atomic E-state index is -0.0591. The molecule has 0 aliphatic heterocycles. The minimum Gasteiger partial charge on any atom is -0.214 e. The number of rotatable bonds is 2. The Morgan fingerprint density at radius 3 is 2.12 bits per heavy atom. The second-order valence-corrected chi connectivity index (χ2v) is 3.62. The standard InChI is InChI=1S/C10H5Cl2N5/c11-8-14-9(12)16-10(15-8)17(6-13)7-4-2-1-3-5-7/h1-5H. The van der Waals surface area contributed by atoms with E-state index in [-0.39, 0.29) is 16.5 Å². The normalized spacial score (nSPS) is 9.71. The molecule has 0 aliphatic rings. The maximum atomic E-state index is 9.10. The number of nitrogens with zero attached hydrogens (tertiary/aromatic N) is 5. The van der Waals surface area contributed by atoms with Crippen molar-refractivity contribution in [3.8, 4) is 6.19 Å². The van der Waals surface area contributed by atoms with Crippen LogP contribution in [-0.2, 0) is 0 Å². The third-order valence-corrected chi connectivity index (χ3v) is 2.22. The van der Waals surface area contributed by atoms with Crippen LogP contribution in [0.5, 0.6) is 0 Å². The highest BCUT2D eigenvalue weighted by Crippen LogP contribution is 2.22. The van der Waals surface area contributed by atoms with Gasteiger partial charge in [0.15, 0.2) is 6.19 Å². The van der Waals surface area contributed by atoms with Crippen LogP contribution >= 0.6 is 23.2 Å². The topological polar surface area (TPSA) is 65.7 Å². The van der Waals surface area contributed by atoms with Crippen molar-refractivity contribution in [2.75, 3.05) is 4.90 Å². The largest absolute Gasteiger partial charge is 0.249 e. The van der Waals surface area contributed by atoms with Crippen LogP contribution in [0, 0.1) is 11.5 Å². The minimum absolute atomic E-state index is 0.0591. The molecule has 0 fully saturated rings. The molecule has 1 aromatic heterocycles. The average molecular weight is 266 g/mol. The summed E-state index contributed by atoms with van der Waals surface area (Å²) in [5.74, 6) is 0.0868. The van der Waals surface area contributed by atoms with E-state index < -0.39 is 0 Å². The Kier molecular flexibility index (Phi) is 3.38. The van der Waals surface area contributed by atoms with E-state index in [9.17, 15) is 0 Å². The quantitative estimate of drug-likeness (QED) is 0.617. The highest BCUT2D eigenvalue weighted by Gasteiger charge is 2.13. The molecule has 0 saturated carbocycles. The van der Waals surface area contributed by atoms with Crippen LogP contribution in [0.2, 0.25) is 10.6 Å². The Morgan fingerprint density at radius 2 is 1.59 bits per heavy atom. The van der Waals surface area contributed by atoms with Crippen molar-refractivity contribution < 1.29 is 0 Å². The highest BCUT2D eigenvalue weighted by molar-refractivity contribution is 6.31. The molecule has 0 amide bonds. The van der Waals surface area contributed by atoms with Gasteiger partial charge in [-0.05, 0) is 35.3 Å². The molecular weight excluding hydrogens is 261 g/mol. The Bertz CT molecular complexity index is 546. The zero-order valence-electron chi connectivity index (χ0n) is 8.38. The number of para-hydroxylation sites is 1. The molecule has 17 heavy (non-hydrogen) atoms. The van der Waals surface area contributed by atoms with Gasteiger partial charge < -0.3 is 0 Å². The fraction of sp³-hybridized carbons (Fsp3) is 0. The predicted octanol–water partition coefficient (Wildman–Crippen LogP) is 2.80. The zero-order valence-corrected chi connectivity index (χ0v) is 9.89. The van der Waals surface area contributed by atoms with Gasteiger partial charge in [-0.2, -0.15) is 20.2 Å². The summed E-state index contributed by atoms with van der Waals surface area (Å²) in [5.41, 5.74) is 0.619. The summed E-state index contributed by atoms with van der Waals surface area (Å²) in [5, 5.41) is 8.99. The Labute approximate surface area is 107 Å². The number of hydrogen-bond donors (Lipinski definition) is 0. The van der Waals surface area contributed by atoms with Crippen molar-refractivity contribution in [2.45, 2.75) is 0 Å². The van der Waals surface area contributed by atoms with E-state index in [1.807, 2.05) is 12.3 Å². The van der Waals surface area contributed by atoms with E-state index in [0.717, 1.165) is 0 Å². The first-order chi connectivity index (χ1) is 8.20. The van der Waals surface area contributed by atoms with Crippen molar-refractivity contribution in [3.63, 3.8) is 0 Å². The van der Waals surface area contributed by atoms with Gasteiger partial charge in [0.25, 0.3) is 0 Å². The smallest absolute Gasteiger partial charge is 0.214 e. The predicted molar refractivity (Wildman–Crippen MR) is 64.0 cm³/mol. The molecule has 0 radical (unpaired) electrons. The zero-order chi connectivity index (χ0) is 12.3. The molecule has 0 bridgehead atoms. The molecule has 0 aliphatic carbocycles. The summed E-state index contributed by atoms with van der Waals surface area (Å²) < 4.78 is 0. The SMILES string of the molecule is N#CN(c1ccccc1)c1nc(Cl)nc(Cl)n1. The Hall–Kier alpha value is -1.90. The summed E-state index contributed by atoms with van der Waals surface area (Å²) in [6, 6.07) is 8.92. The average Bonchev–Trinajstić information content (AvgIpc) is 2.30. The lowest BCUT2D eigenvalue weighted by Gasteiger charge is -2.12. The van der Waals surface area contributed by atoms with Gasteiger partial charge in [0.1, 0.15) is 0 Å². The number of anilines is 2. The van der Waals surface area contributed by atoms with Gasteiger partial charge in [0, 0.05) is 0 Å². The third-order valence-electron chi connectivity index (χ3n) is 1.88. The van der Waals surface area contributed by atoms with E-state index in [1.54, 1.807) is 24.3 Å². The molecule has 5 nitrogen and oxygen atoms in total. The fourth-order valence-corrected chi connectivity index (χ4v) is 1.57. The van der Waals surface area contributed by atoms with Gasteiger partial charge in [-0.25, -0.2) is 4.90 Å². The van der Waals surface area contributed by atoms with Crippen LogP contribution in [0.15, 0.2) is 30.3 Å². The molecule has 1 aromatic carbocycles. The van der Waals surface area contributed by atoms with Crippen LogP contribution in [0.3, 0.4) is 0 Å². The van der Waals surface area contributed by atoms with Crippen molar-refractivity contribution in [2.24, 2.45) is 0 Å². The Morgan fingerprint density at radius 1 is 1.00 bits per heavy atom. The second-order valence-electron chi connectivity index (χ2n) is 2.94. The maximum Gasteiger partial charge on any atom is 0.249 e. The number of nitriles is 1. The lowest BCUT2D eigenvalue weighted by atomic mass is 10.3. The van der Waals surface area contributed by atoms with E-state index in [0.29, 0.717) is 5.69 Å². The van der Waals surface area contributed by atoms with Gasteiger partial charge in [-0.15, -0.1) is 0 Å². The molecule has 0 N–H and O–H groups in total. The van der Waals surface area contributed by atoms with Crippen molar-refractivity contribution in [3.05, 3.63) is 40.9 Å². The van der Waals surface area contributed by atoms with Gasteiger partial charge in [-0.3, -0.25) is 0 Å². The monoisotopic (exact) mass is 265 g/mol. The molecule has 2 aromatic rings. The van der Waals surface area contributed by atoms with Gasteiger partial charge in [-0.1, -0.05) is 18.2 Å². The molecule has 84 valence electrons. The lowest BCUT2D eigenvalue weighted by molar-refractivity contribution is 1.01. The van der Waals surface area contributed by atoms with Crippen LogP contribution in [0.4, 0.5) is 11.6 Å². The van der Waals surface area contributed by atoms with Crippen LogP contribution in [0.1, 0.15) is 0 Å². The number of halogens is 2. The van der Waals surface area contributed by atoms with Crippen molar-refractivity contribution in [1.29, 1.82) is 5.26 Å². The summed E-state index contributed by atoms with van der Waals surface area (Å²) in [6.45, 7) is 0. The maximum absolute atomic E-state index is 9.10. The first-order valence-electron chi connectivity index (χ1n) is 4.52. The van der Waals surface area contributed by atoms with Crippen molar-refractivity contribution >= 4 is 34.8 Å². The second kappa shape index (κ2) is 4.95. The molecule has 7 heteroatoms. The molecule has 0 saturated heterocycles. The third kappa shape index (κ3) is 2.61. The molecule has 0 atom stereocenters. The number of aromatic nitrogens is 3. The van der Waals surface area contributed by atoms with E-state index in [4.69, 9.17) is 28.5 Å². The highest BCUT2D eigenvalue weighted by atomic mass is 35.5. The summed E-state index contributed by atoms with van der Waals surface area (Å²) in [6.07, 6.45) is 1.95. The van der Waals surface area contributed by atoms with Gasteiger partial charge in [0.2, 0.25) is 16.5 Å². The van der Waals surface area contributed by atoms with Crippen molar-refractivity contribution in [1.82, 2.24) is 15.0 Å².